The maximum atomic E-state index is 10.4. The number of hydrogen-bond acceptors (Lipinski definition) is 3. The molecule has 1 N–H and O–H groups in total. The summed E-state index contributed by atoms with van der Waals surface area (Å²) < 4.78 is 0. The van der Waals surface area contributed by atoms with Crippen LogP contribution < -0.4 is 0 Å². The van der Waals surface area contributed by atoms with Crippen LogP contribution >= 0.6 is 0 Å². The lowest BCUT2D eigenvalue weighted by Crippen LogP contribution is -2.47. The van der Waals surface area contributed by atoms with E-state index in [0.29, 0.717) is 6.04 Å². The molecule has 3 atom stereocenters. The van der Waals surface area contributed by atoms with E-state index in [1.54, 1.807) is 0 Å². The Hall–Kier alpha value is -0.930. The predicted molar refractivity (Wildman–Crippen MR) is 82.4 cm³/mol. The van der Waals surface area contributed by atoms with Gasteiger partial charge in [0.2, 0.25) is 0 Å². The van der Waals surface area contributed by atoms with Crippen molar-refractivity contribution in [3.05, 3.63) is 30.1 Å². The Labute approximate surface area is 123 Å². The van der Waals surface area contributed by atoms with E-state index in [0.717, 1.165) is 37.5 Å². The first-order valence-electron chi connectivity index (χ1n) is 8.06. The van der Waals surface area contributed by atoms with Gasteiger partial charge in [0.25, 0.3) is 0 Å². The molecule has 0 bridgehead atoms. The topological polar surface area (TPSA) is 36.4 Å². The SMILES string of the molecule is CCCC1CCC(O)C(N(CC)Cc2ccccn2)C1. The van der Waals surface area contributed by atoms with Crippen LogP contribution in [-0.2, 0) is 6.54 Å². The van der Waals surface area contributed by atoms with E-state index in [4.69, 9.17) is 0 Å². The van der Waals surface area contributed by atoms with Crippen LogP contribution in [0, 0.1) is 5.92 Å². The minimum atomic E-state index is -0.174. The van der Waals surface area contributed by atoms with Gasteiger partial charge in [-0.15, -0.1) is 0 Å². The first-order valence-corrected chi connectivity index (χ1v) is 8.06. The largest absolute Gasteiger partial charge is 0.391 e. The van der Waals surface area contributed by atoms with Crippen molar-refractivity contribution in [1.29, 1.82) is 0 Å². The number of aliphatic hydroxyl groups is 1. The van der Waals surface area contributed by atoms with Crippen molar-refractivity contribution in [3.63, 3.8) is 0 Å². The average Bonchev–Trinajstić information content (AvgIpc) is 2.48. The van der Waals surface area contributed by atoms with Gasteiger partial charge in [-0.25, -0.2) is 0 Å². The Kier molecular flexibility index (Phi) is 5.99. The zero-order chi connectivity index (χ0) is 14.4. The summed E-state index contributed by atoms with van der Waals surface area (Å²) in [4.78, 5) is 6.82. The molecule has 1 heterocycles. The Morgan fingerprint density at radius 2 is 2.15 bits per heavy atom. The molecule has 0 spiro atoms. The van der Waals surface area contributed by atoms with E-state index in [2.05, 4.69) is 29.8 Å². The van der Waals surface area contributed by atoms with Crippen LogP contribution in [0.3, 0.4) is 0 Å². The Morgan fingerprint density at radius 3 is 2.80 bits per heavy atom. The first-order chi connectivity index (χ1) is 9.74. The van der Waals surface area contributed by atoms with Crippen LogP contribution in [0.1, 0.15) is 51.6 Å². The van der Waals surface area contributed by atoms with Gasteiger partial charge in [-0.1, -0.05) is 32.8 Å². The van der Waals surface area contributed by atoms with Crippen molar-refractivity contribution in [2.24, 2.45) is 5.92 Å². The molecule has 1 aliphatic rings. The van der Waals surface area contributed by atoms with Crippen molar-refractivity contribution in [2.75, 3.05) is 6.54 Å². The second-order valence-electron chi connectivity index (χ2n) is 5.99. The predicted octanol–water partition coefficient (Wildman–Crippen LogP) is 3.23. The Balaban J connectivity index is 2.01. The minimum Gasteiger partial charge on any atom is -0.391 e. The molecule has 2 rings (SSSR count). The fourth-order valence-corrected chi connectivity index (χ4v) is 3.44. The number of rotatable bonds is 6. The number of aliphatic hydroxyl groups excluding tert-OH is 1. The highest BCUT2D eigenvalue weighted by atomic mass is 16.3. The van der Waals surface area contributed by atoms with Crippen molar-refractivity contribution >= 4 is 0 Å². The maximum absolute atomic E-state index is 10.4. The molecule has 1 saturated carbocycles. The normalized spacial score (nSPS) is 26.9. The van der Waals surface area contributed by atoms with E-state index in [9.17, 15) is 5.11 Å². The van der Waals surface area contributed by atoms with E-state index in [1.807, 2.05) is 18.3 Å². The van der Waals surface area contributed by atoms with Gasteiger partial charge < -0.3 is 5.11 Å². The number of nitrogens with zero attached hydrogens (tertiary/aromatic N) is 2. The van der Waals surface area contributed by atoms with Gasteiger partial charge in [-0.3, -0.25) is 9.88 Å². The number of hydrogen-bond donors (Lipinski definition) is 1. The molecule has 3 nitrogen and oxygen atoms in total. The van der Waals surface area contributed by atoms with E-state index >= 15 is 0 Å². The fourth-order valence-electron chi connectivity index (χ4n) is 3.44. The smallest absolute Gasteiger partial charge is 0.0695 e. The fraction of sp³-hybridized carbons (Fsp3) is 0.706. The third-order valence-corrected chi connectivity index (χ3v) is 4.55. The molecule has 1 aromatic heterocycles. The molecule has 0 saturated heterocycles. The van der Waals surface area contributed by atoms with Gasteiger partial charge in [0, 0.05) is 18.8 Å². The lowest BCUT2D eigenvalue weighted by atomic mass is 9.80. The van der Waals surface area contributed by atoms with Crippen LogP contribution in [0.4, 0.5) is 0 Å². The van der Waals surface area contributed by atoms with Gasteiger partial charge in [-0.05, 0) is 43.9 Å². The molecule has 0 aliphatic heterocycles. The van der Waals surface area contributed by atoms with Crippen LogP contribution in [0.2, 0.25) is 0 Å². The molecule has 0 aromatic carbocycles. The molecule has 1 aromatic rings. The minimum absolute atomic E-state index is 0.174. The third kappa shape index (κ3) is 4.03. The summed E-state index contributed by atoms with van der Waals surface area (Å²) in [5.74, 6) is 0.784. The Morgan fingerprint density at radius 1 is 1.30 bits per heavy atom. The van der Waals surface area contributed by atoms with Gasteiger partial charge >= 0.3 is 0 Å². The third-order valence-electron chi connectivity index (χ3n) is 4.55. The highest BCUT2D eigenvalue weighted by Crippen LogP contribution is 2.31. The standard InChI is InChI=1S/C17H28N2O/c1-3-7-14-9-10-17(20)16(12-14)19(4-2)13-15-8-5-6-11-18-15/h5-6,8,11,14,16-17,20H,3-4,7,9-10,12-13H2,1-2H3. The lowest BCUT2D eigenvalue weighted by Gasteiger charge is -2.40. The van der Waals surface area contributed by atoms with Gasteiger partial charge in [-0.2, -0.15) is 0 Å². The number of pyridine rings is 1. The average molecular weight is 276 g/mol. The number of likely N-dealkylation sites (N-methyl/N-ethyl adjacent to an activating group) is 1. The highest BCUT2D eigenvalue weighted by Gasteiger charge is 2.32. The summed E-state index contributed by atoms with van der Waals surface area (Å²) in [6.07, 6.45) is 7.49. The molecular formula is C17H28N2O. The molecule has 0 radical (unpaired) electrons. The molecule has 3 heteroatoms. The summed E-state index contributed by atoms with van der Waals surface area (Å²) in [6, 6.07) is 6.36. The molecule has 112 valence electrons. The van der Waals surface area contributed by atoms with Crippen LogP contribution in [-0.4, -0.2) is 33.7 Å². The van der Waals surface area contributed by atoms with Crippen LogP contribution in [0.5, 0.6) is 0 Å². The summed E-state index contributed by atoms with van der Waals surface area (Å²) in [5, 5.41) is 10.4. The lowest BCUT2D eigenvalue weighted by molar-refractivity contribution is -0.000451. The van der Waals surface area contributed by atoms with Crippen LogP contribution in [0.25, 0.3) is 0 Å². The monoisotopic (exact) mass is 276 g/mol. The van der Waals surface area contributed by atoms with Gasteiger partial charge in [0.15, 0.2) is 0 Å². The van der Waals surface area contributed by atoms with Crippen molar-refractivity contribution in [3.8, 4) is 0 Å². The molecule has 1 fully saturated rings. The zero-order valence-corrected chi connectivity index (χ0v) is 12.8. The number of aromatic nitrogens is 1. The summed E-state index contributed by atoms with van der Waals surface area (Å²) in [6.45, 7) is 6.25. The van der Waals surface area contributed by atoms with E-state index in [-0.39, 0.29) is 6.10 Å². The van der Waals surface area contributed by atoms with E-state index in [1.165, 1.54) is 19.3 Å². The zero-order valence-electron chi connectivity index (χ0n) is 12.8. The highest BCUT2D eigenvalue weighted by molar-refractivity contribution is 5.04. The summed E-state index contributed by atoms with van der Waals surface area (Å²) in [7, 11) is 0. The van der Waals surface area contributed by atoms with Gasteiger partial charge in [0.1, 0.15) is 0 Å². The molecule has 0 amide bonds. The summed E-state index contributed by atoms with van der Waals surface area (Å²) in [5.41, 5.74) is 1.10. The van der Waals surface area contributed by atoms with Crippen LogP contribution in [0.15, 0.2) is 24.4 Å². The quantitative estimate of drug-likeness (QED) is 0.866. The molecule has 20 heavy (non-hydrogen) atoms. The van der Waals surface area contributed by atoms with Crippen molar-refractivity contribution in [2.45, 2.75) is 64.6 Å². The second-order valence-corrected chi connectivity index (χ2v) is 5.99. The maximum Gasteiger partial charge on any atom is 0.0695 e. The Bertz CT molecular complexity index is 382. The molecule has 3 unspecified atom stereocenters. The van der Waals surface area contributed by atoms with Crippen molar-refractivity contribution in [1.82, 2.24) is 9.88 Å². The van der Waals surface area contributed by atoms with Gasteiger partial charge in [0.05, 0.1) is 11.8 Å². The first kappa shape index (κ1) is 15.5. The molecule has 1 aliphatic carbocycles. The second kappa shape index (κ2) is 7.75. The summed E-state index contributed by atoms with van der Waals surface area (Å²) >= 11 is 0. The van der Waals surface area contributed by atoms with E-state index < -0.39 is 0 Å². The molecular weight excluding hydrogens is 248 g/mol. The van der Waals surface area contributed by atoms with Crippen molar-refractivity contribution < 1.29 is 5.11 Å².